The van der Waals surface area contributed by atoms with Crippen molar-refractivity contribution in [2.45, 2.75) is 12.2 Å². The normalized spacial score (nSPS) is 16.5. The average Bonchev–Trinajstić information content (AvgIpc) is 3.34. The van der Waals surface area contributed by atoms with Gasteiger partial charge in [0, 0.05) is 29.8 Å². The highest BCUT2D eigenvalue weighted by atomic mass is 19.4. The highest BCUT2D eigenvalue weighted by molar-refractivity contribution is 5.95. The predicted molar refractivity (Wildman–Crippen MR) is 109 cm³/mol. The SMILES string of the molecule is O=C(NC[C@@H]1COCCN1C(=O)c1ccccc1)c1ccc(-c2noc(C(F)(F)F)n2)cc1. The molecule has 1 aromatic heterocycles. The van der Waals surface area contributed by atoms with Gasteiger partial charge in [-0.15, -0.1) is 0 Å². The minimum Gasteiger partial charge on any atom is -0.377 e. The van der Waals surface area contributed by atoms with Crippen molar-refractivity contribution < 1.29 is 32.0 Å². The van der Waals surface area contributed by atoms with Crippen molar-refractivity contribution in [3.63, 3.8) is 0 Å². The molecule has 1 saturated heterocycles. The van der Waals surface area contributed by atoms with Crippen LogP contribution in [-0.2, 0) is 10.9 Å². The zero-order chi connectivity index (χ0) is 23.4. The van der Waals surface area contributed by atoms with Crippen LogP contribution in [0.1, 0.15) is 26.6 Å². The first-order valence-electron chi connectivity index (χ1n) is 10.1. The molecule has 33 heavy (non-hydrogen) atoms. The fourth-order valence-electron chi connectivity index (χ4n) is 3.38. The molecular formula is C22H19F3N4O4. The van der Waals surface area contributed by atoms with Gasteiger partial charge in [0.05, 0.1) is 19.3 Å². The number of rotatable bonds is 5. The van der Waals surface area contributed by atoms with Crippen LogP contribution in [0.25, 0.3) is 11.4 Å². The third-order valence-electron chi connectivity index (χ3n) is 5.08. The number of aromatic nitrogens is 2. The van der Waals surface area contributed by atoms with E-state index >= 15 is 0 Å². The van der Waals surface area contributed by atoms with Gasteiger partial charge in [-0.3, -0.25) is 9.59 Å². The first-order chi connectivity index (χ1) is 15.8. The van der Waals surface area contributed by atoms with Gasteiger partial charge in [-0.25, -0.2) is 0 Å². The van der Waals surface area contributed by atoms with E-state index in [4.69, 9.17) is 4.74 Å². The largest absolute Gasteiger partial charge is 0.471 e. The maximum atomic E-state index is 12.8. The summed E-state index contributed by atoms with van der Waals surface area (Å²) in [5.41, 5.74) is 1.11. The summed E-state index contributed by atoms with van der Waals surface area (Å²) in [5, 5.41) is 6.09. The molecule has 1 atom stereocenters. The Balaban J connectivity index is 1.38. The molecule has 0 radical (unpaired) electrons. The van der Waals surface area contributed by atoms with Gasteiger partial charge in [-0.05, 0) is 24.3 Å². The molecule has 1 N–H and O–H groups in total. The van der Waals surface area contributed by atoms with E-state index in [0.29, 0.717) is 18.7 Å². The number of benzene rings is 2. The lowest BCUT2D eigenvalue weighted by molar-refractivity contribution is -0.159. The highest BCUT2D eigenvalue weighted by Gasteiger charge is 2.38. The summed E-state index contributed by atoms with van der Waals surface area (Å²) in [6.45, 7) is 1.29. The molecule has 0 unspecified atom stereocenters. The number of hydrogen-bond acceptors (Lipinski definition) is 6. The molecule has 1 aliphatic heterocycles. The van der Waals surface area contributed by atoms with Crippen molar-refractivity contribution >= 4 is 11.8 Å². The van der Waals surface area contributed by atoms with Crippen LogP contribution in [0.4, 0.5) is 13.2 Å². The Bertz CT molecular complexity index is 1120. The van der Waals surface area contributed by atoms with E-state index in [1.165, 1.54) is 24.3 Å². The molecule has 0 aliphatic carbocycles. The van der Waals surface area contributed by atoms with Gasteiger partial charge >= 0.3 is 12.1 Å². The number of nitrogens with one attached hydrogen (secondary N) is 1. The molecule has 0 saturated carbocycles. The van der Waals surface area contributed by atoms with Crippen molar-refractivity contribution in [2.75, 3.05) is 26.3 Å². The number of ether oxygens (including phenoxy) is 1. The van der Waals surface area contributed by atoms with Gasteiger partial charge in [0.2, 0.25) is 5.82 Å². The van der Waals surface area contributed by atoms with E-state index in [0.717, 1.165) is 0 Å². The van der Waals surface area contributed by atoms with Crippen LogP contribution < -0.4 is 5.32 Å². The lowest BCUT2D eigenvalue weighted by Gasteiger charge is -2.35. The molecule has 2 heterocycles. The third kappa shape index (κ3) is 5.20. The van der Waals surface area contributed by atoms with Gasteiger partial charge in [-0.1, -0.05) is 35.5 Å². The lowest BCUT2D eigenvalue weighted by atomic mass is 10.1. The molecule has 11 heteroatoms. The molecule has 1 aliphatic rings. The third-order valence-corrected chi connectivity index (χ3v) is 5.08. The maximum absolute atomic E-state index is 12.8. The number of amides is 2. The van der Waals surface area contributed by atoms with Crippen LogP contribution >= 0.6 is 0 Å². The highest BCUT2D eigenvalue weighted by Crippen LogP contribution is 2.29. The molecule has 172 valence electrons. The molecule has 2 aromatic carbocycles. The molecule has 0 bridgehead atoms. The first-order valence-corrected chi connectivity index (χ1v) is 10.1. The summed E-state index contributed by atoms with van der Waals surface area (Å²) in [5.74, 6) is -2.21. The van der Waals surface area contributed by atoms with Gasteiger partial charge in [0.15, 0.2) is 0 Å². The fourth-order valence-corrected chi connectivity index (χ4v) is 3.38. The van der Waals surface area contributed by atoms with Crippen LogP contribution in [0, 0.1) is 0 Å². The van der Waals surface area contributed by atoms with Gasteiger partial charge in [0.25, 0.3) is 11.8 Å². The van der Waals surface area contributed by atoms with Gasteiger partial charge < -0.3 is 19.5 Å². The van der Waals surface area contributed by atoms with E-state index in [2.05, 4.69) is 20.0 Å². The predicted octanol–water partition coefficient (Wildman–Crippen LogP) is 3.03. The van der Waals surface area contributed by atoms with Gasteiger partial charge in [0.1, 0.15) is 0 Å². The van der Waals surface area contributed by atoms with E-state index in [1.807, 2.05) is 6.07 Å². The molecule has 3 aromatic rings. The van der Waals surface area contributed by atoms with Crippen molar-refractivity contribution in [1.29, 1.82) is 0 Å². The molecule has 0 spiro atoms. The molecule has 2 amide bonds. The van der Waals surface area contributed by atoms with Crippen molar-refractivity contribution in [2.24, 2.45) is 0 Å². The maximum Gasteiger partial charge on any atom is 0.471 e. The summed E-state index contributed by atoms with van der Waals surface area (Å²) in [4.78, 5) is 30.4. The van der Waals surface area contributed by atoms with Crippen LogP contribution in [0.3, 0.4) is 0 Å². The Morgan fingerprint density at radius 2 is 1.79 bits per heavy atom. The Kier molecular flexibility index (Phi) is 6.40. The zero-order valence-electron chi connectivity index (χ0n) is 17.2. The number of alkyl halides is 3. The minimum atomic E-state index is -4.73. The number of carbonyl (C=O) groups excluding carboxylic acids is 2. The quantitative estimate of drug-likeness (QED) is 0.629. The standard InChI is InChI=1S/C22H19F3N4O4/c23-22(24,25)21-27-18(28-33-21)14-6-8-15(9-7-14)19(30)26-12-17-13-32-11-10-29(17)20(31)16-4-2-1-3-5-16/h1-9,17H,10-13H2,(H,26,30)/t17-/m1/s1. The van der Waals surface area contributed by atoms with E-state index in [9.17, 15) is 22.8 Å². The van der Waals surface area contributed by atoms with Crippen LogP contribution in [-0.4, -0.2) is 59.2 Å². The molecule has 1 fully saturated rings. The second kappa shape index (κ2) is 9.41. The fraction of sp³-hybridized carbons (Fsp3) is 0.273. The average molecular weight is 460 g/mol. The topological polar surface area (TPSA) is 97.6 Å². The van der Waals surface area contributed by atoms with Crippen molar-refractivity contribution in [1.82, 2.24) is 20.4 Å². The van der Waals surface area contributed by atoms with E-state index in [-0.39, 0.29) is 42.1 Å². The second-order valence-electron chi connectivity index (χ2n) is 7.30. The van der Waals surface area contributed by atoms with Gasteiger partial charge in [-0.2, -0.15) is 18.2 Å². The minimum absolute atomic E-state index is 0.138. The number of nitrogens with zero attached hydrogens (tertiary/aromatic N) is 3. The molecular weight excluding hydrogens is 441 g/mol. The monoisotopic (exact) mass is 460 g/mol. The van der Waals surface area contributed by atoms with Crippen molar-refractivity contribution in [3.05, 3.63) is 71.6 Å². The van der Waals surface area contributed by atoms with Crippen LogP contribution in [0.5, 0.6) is 0 Å². The molecule has 4 rings (SSSR count). The lowest BCUT2D eigenvalue weighted by Crippen LogP contribution is -2.53. The summed E-state index contributed by atoms with van der Waals surface area (Å²) in [6, 6.07) is 14.3. The molecule has 8 nitrogen and oxygen atoms in total. The number of halogens is 3. The van der Waals surface area contributed by atoms with E-state index < -0.39 is 18.0 Å². The summed E-state index contributed by atoms with van der Waals surface area (Å²) >= 11 is 0. The number of carbonyl (C=O) groups is 2. The second-order valence-corrected chi connectivity index (χ2v) is 7.30. The number of hydrogen-bond donors (Lipinski definition) is 1. The first kappa shape index (κ1) is 22.5. The van der Waals surface area contributed by atoms with Crippen LogP contribution in [0.2, 0.25) is 0 Å². The summed E-state index contributed by atoms with van der Waals surface area (Å²) < 4.78 is 47.5. The summed E-state index contributed by atoms with van der Waals surface area (Å²) in [7, 11) is 0. The summed E-state index contributed by atoms with van der Waals surface area (Å²) in [6.07, 6.45) is -4.73. The Labute approximate surface area is 186 Å². The number of morpholine rings is 1. The Hall–Kier alpha value is -3.73. The van der Waals surface area contributed by atoms with Crippen LogP contribution in [0.15, 0.2) is 59.1 Å². The smallest absolute Gasteiger partial charge is 0.377 e. The van der Waals surface area contributed by atoms with Crippen molar-refractivity contribution in [3.8, 4) is 11.4 Å². The zero-order valence-corrected chi connectivity index (χ0v) is 17.2. The Morgan fingerprint density at radius 1 is 1.06 bits per heavy atom. The Morgan fingerprint density at radius 3 is 2.45 bits per heavy atom. The van der Waals surface area contributed by atoms with E-state index in [1.54, 1.807) is 29.2 Å².